The number of benzene rings is 1. The Morgan fingerprint density at radius 1 is 1.36 bits per heavy atom. The minimum Gasteiger partial charge on any atom is -0.493 e. The number of aromatic nitrogens is 1. The first kappa shape index (κ1) is 15.6. The van der Waals surface area contributed by atoms with E-state index < -0.39 is 17.9 Å². The number of carbonyl (C=O) groups excluding carboxylic acids is 1. The fraction of sp³-hybridized carbons (Fsp3) is 0.316. The van der Waals surface area contributed by atoms with Crippen LogP contribution in [0.25, 0.3) is 0 Å². The highest BCUT2D eigenvalue weighted by atomic mass is 16.5. The number of ether oxygens (including phenoxy) is 1. The van der Waals surface area contributed by atoms with Crippen LogP contribution in [0.1, 0.15) is 29.2 Å². The Bertz CT molecular complexity index is 821. The van der Waals surface area contributed by atoms with Gasteiger partial charge in [0.1, 0.15) is 5.75 Å². The maximum atomic E-state index is 12.5. The molecule has 2 aromatic rings. The van der Waals surface area contributed by atoms with Crippen molar-refractivity contribution in [1.82, 2.24) is 9.88 Å². The Morgan fingerprint density at radius 3 is 3.00 bits per heavy atom. The standard InChI is InChI=1S/C19H18N2O4/c22-17-9-15(19(23)24)18(21(17)11-12-2-1-6-20-10-12)14-3-4-16-13(8-14)5-7-25-16/h1-4,6,8,10,15,18H,5,7,9,11H2,(H,23,24)/t15-,18+/m0/s1. The molecular weight excluding hydrogens is 320 g/mol. The average molecular weight is 338 g/mol. The summed E-state index contributed by atoms with van der Waals surface area (Å²) in [6.45, 7) is 0.999. The van der Waals surface area contributed by atoms with Gasteiger partial charge in [-0.2, -0.15) is 0 Å². The molecule has 1 aromatic carbocycles. The third kappa shape index (κ3) is 2.84. The molecule has 0 aliphatic carbocycles. The van der Waals surface area contributed by atoms with E-state index in [0.717, 1.165) is 28.9 Å². The minimum absolute atomic E-state index is 0.0217. The van der Waals surface area contributed by atoms with Crippen molar-refractivity contribution >= 4 is 11.9 Å². The van der Waals surface area contributed by atoms with Crippen molar-refractivity contribution in [2.24, 2.45) is 5.92 Å². The Morgan fingerprint density at radius 2 is 2.24 bits per heavy atom. The number of likely N-dealkylation sites (tertiary alicyclic amines) is 1. The number of pyridine rings is 1. The molecule has 1 aromatic heterocycles. The van der Waals surface area contributed by atoms with Crippen molar-refractivity contribution in [3.8, 4) is 5.75 Å². The van der Waals surface area contributed by atoms with E-state index in [1.54, 1.807) is 17.3 Å². The third-order valence-electron chi connectivity index (χ3n) is 4.88. The zero-order valence-electron chi connectivity index (χ0n) is 13.6. The van der Waals surface area contributed by atoms with Crippen molar-refractivity contribution < 1.29 is 19.4 Å². The van der Waals surface area contributed by atoms with Gasteiger partial charge in [-0.1, -0.05) is 12.1 Å². The summed E-state index contributed by atoms with van der Waals surface area (Å²) in [6.07, 6.45) is 4.21. The number of hydrogen-bond acceptors (Lipinski definition) is 4. The summed E-state index contributed by atoms with van der Waals surface area (Å²) >= 11 is 0. The predicted octanol–water partition coefficient (Wildman–Crippen LogP) is 2.19. The number of rotatable bonds is 4. The Labute approximate surface area is 145 Å². The lowest BCUT2D eigenvalue weighted by atomic mass is 9.92. The molecule has 1 N–H and O–H groups in total. The number of amides is 1. The molecule has 2 aliphatic rings. The lowest BCUT2D eigenvalue weighted by Crippen LogP contribution is -2.30. The van der Waals surface area contributed by atoms with Crippen molar-refractivity contribution in [3.63, 3.8) is 0 Å². The van der Waals surface area contributed by atoms with Crippen LogP contribution in [0.15, 0.2) is 42.7 Å². The predicted molar refractivity (Wildman–Crippen MR) is 88.9 cm³/mol. The molecule has 0 radical (unpaired) electrons. The maximum Gasteiger partial charge on any atom is 0.309 e. The summed E-state index contributed by atoms with van der Waals surface area (Å²) in [5.74, 6) is -0.981. The summed E-state index contributed by atoms with van der Waals surface area (Å²) < 4.78 is 5.53. The number of carboxylic acid groups (broad SMARTS) is 1. The van der Waals surface area contributed by atoms with E-state index in [0.29, 0.717) is 13.2 Å². The molecule has 0 unspecified atom stereocenters. The molecule has 2 atom stereocenters. The van der Waals surface area contributed by atoms with Gasteiger partial charge in [-0.25, -0.2) is 0 Å². The van der Waals surface area contributed by atoms with Crippen LogP contribution in [0.3, 0.4) is 0 Å². The molecule has 0 bridgehead atoms. The summed E-state index contributed by atoms with van der Waals surface area (Å²) in [5.41, 5.74) is 2.81. The van der Waals surface area contributed by atoms with E-state index in [9.17, 15) is 14.7 Å². The molecule has 6 heteroatoms. The summed E-state index contributed by atoms with van der Waals surface area (Å²) in [7, 11) is 0. The summed E-state index contributed by atoms with van der Waals surface area (Å²) in [6, 6.07) is 8.96. The van der Waals surface area contributed by atoms with Crippen LogP contribution < -0.4 is 4.74 Å². The van der Waals surface area contributed by atoms with Gasteiger partial charge < -0.3 is 14.7 Å². The lowest BCUT2D eigenvalue weighted by Gasteiger charge is -2.27. The molecule has 3 heterocycles. The van der Waals surface area contributed by atoms with Gasteiger partial charge >= 0.3 is 5.97 Å². The quantitative estimate of drug-likeness (QED) is 0.924. The van der Waals surface area contributed by atoms with Crippen molar-refractivity contribution in [1.29, 1.82) is 0 Å². The molecule has 0 saturated carbocycles. The lowest BCUT2D eigenvalue weighted by molar-refractivity contribution is -0.142. The van der Waals surface area contributed by atoms with Gasteiger partial charge in [0.15, 0.2) is 0 Å². The second-order valence-corrected chi connectivity index (χ2v) is 6.44. The second kappa shape index (κ2) is 6.20. The first-order valence-corrected chi connectivity index (χ1v) is 8.30. The molecule has 6 nitrogen and oxygen atoms in total. The van der Waals surface area contributed by atoms with E-state index in [1.165, 1.54) is 0 Å². The molecular formula is C19H18N2O4. The second-order valence-electron chi connectivity index (χ2n) is 6.44. The zero-order chi connectivity index (χ0) is 17.4. The number of fused-ring (bicyclic) bond motifs is 1. The van der Waals surface area contributed by atoms with Gasteiger partial charge in [-0.05, 0) is 34.9 Å². The maximum absolute atomic E-state index is 12.5. The SMILES string of the molecule is O=C(O)[C@H]1CC(=O)N(Cc2cccnc2)[C@@H]1c1ccc2c(c1)CCO2. The molecule has 1 saturated heterocycles. The van der Waals surface area contributed by atoms with Gasteiger partial charge in [-0.3, -0.25) is 14.6 Å². The molecule has 25 heavy (non-hydrogen) atoms. The largest absolute Gasteiger partial charge is 0.493 e. The van der Waals surface area contributed by atoms with E-state index in [4.69, 9.17) is 4.74 Å². The van der Waals surface area contributed by atoms with Gasteiger partial charge in [0.05, 0.1) is 18.6 Å². The van der Waals surface area contributed by atoms with E-state index >= 15 is 0 Å². The van der Waals surface area contributed by atoms with Crippen LogP contribution in [-0.4, -0.2) is 33.5 Å². The fourth-order valence-electron chi connectivity index (χ4n) is 3.69. The zero-order valence-corrected chi connectivity index (χ0v) is 13.6. The van der Waals surface area contributed by atoms with Crippen molar-refractivity contribution in [2.45, 2.75) is 25.4 Å². The molecule has 128 valence electrons. The molecule has 0 spiro atoms. The smallest absolute Gasteiger partial charge is 0.309 e. The Hall–Kier alpha value is -2.89. The van der Waals surface area contributed by atoms with E-state index in [2.05, 4.69) is 4.98 Å². The van der Waals surface area contributed by atoms with Crippen LogP contribution in [0.4, 0.5) is 0 Å². The highest BCUT2D eigenvalue weighted by Crippen LogP contribution is 2.41. The van der Waals surface area contributed by atoms with Crippen LogP contribution in [0.5, 0.6) is 5.75 Å². The van der Waals surface area contributed by atoms with Crippen molar-refractivity contribution in [2.75, 3.05) is 6.61 Å². The third-order valence-corrected chi connectivity index (χ3v) is 4.88. The van der Waals surface area contributed by atoms with E-state index in [1.807, 2.05) is 30.3 Å². The Balaban J connectivity index is 1.71. The first-order chi connectivity index (χ1) is 12.1. The van der Waals surface area contributed by atoms with Gasteiger partial charge in [0.25, 0.3) is 0 Å². The number of nitrogens with zero attached hydrogens (tertiary/aromatic N) is 2. The average Bonchev–Trinajstić information content (AvgIpc) is 3.20. The molecule has 2 aliphatic heterocycles. The van der Waals surface area contributed by atoms with E-state index in [-0.39, 0.29) is 12.3 Å². The first-order valence-electron chi connectivity index (χ1n) is 8.30. The Kier molecular flexibility index (Phi) is 3.87. The molecule has 4 rings (SSSR count). The van der Waals surface area contributed by atoms with Gasteiger partial charge in [-0.15, -0.1) is 0 Å². The van der Waals surface area contributed by atoms with Gasteiger partial charge in [0, 0.05) is 31.8 Å². The highest BCUT2D eigenvalue weighted by molar-refractivity contribution is 5.87. The highest BCUT2D eigenvalue weighted by Gasteiger charge is 2.44. The summed E-state index contributed by atoms with van der Waals surface area (Å²) in [5, 5.41) is 9.62. The van der Waals surface area contributed by atoms with Crippen molar-refractivity contribution in [3.05, 3.63) is 59.4 Å². The van der Waals surface area contributed by atoms with Crippen LogP contribution in [0, 0.1) is 5.92 Å². The number of hydrogen-bond donors (Lipinski definition) is 1. The fourth-order valence-corrected chi connectivity index (χ4v) is 3.69. The topological polar surface area (TPSA) is 79.7 Å². The number of aliphatic carboxylic acids is 1. The molecule has 1 amide bonds. The number of carbonyl (C=O) groups is 2. The van der Waals surface area contributed by atoms with Crippen LogP contribution >= 0.6 is 0 Å². The number of carboxylic acids is 1. The minimum atomic E-state index is -0.941. The van der Waals surface area contributed by atoms with Crippen LogP contribution in [-0.2, 0) is 22.6 Å². The summed E-state index contributed by atoms with van der Waals surface area (Å²) in [4.78, 5) is 30.0. The van der Waals surface area contributed by atoms with Gasteiger partial charge in [0.2, 0.25) is 5.91 Å². The monoisotopic (exact) mass is 338 g/mol. The molecule has 1 fully saturated rings. The normalized spacial score (nSPS) is 21.9. The van der Waals surface area contributed by atoms with Crippen LogP contribution in [0.2, 0.25) is 0 Å².